The first kappa shape index (κ1) is 11.9. The predicted molar refractivity (Wildman–Crippen MR) is 64.1 cm³/mol. The van der Waals surface area contributed by atoms with Gasteiger partial charge in [0.15, 0.2) is 9.84 Å². The summed E-state index contributed by atoms with van der Waals surface area (Å²) in [7, 11) is -3.56. The van der Waals surface area contributed by atoms with Gasteiger partial charge in [-0.05, 0) is 37.1 Å². The smallest absolute Gasteiger partial charge is 0.235 e. The van der Waals surface area contributed by atoms with Crippen molar-refractivity contribution in [2.24, 2.45) is 0 Å². The zero-order valence-electron chi connectivity index (χ0n) is 9.22. The molecular formula is C11H14N2O3S. The first-order valence-electron chi connectivity index (χ1n) is 5.35. The van der Waals surface area contributed by atoms with Crippen molar-refractivity contribution < 1.29 is 13.2 Å². The molecule has 0 heterocycles. The van der Waals surface area contributed by atoms with E-state index in [1.807, 2.05) is 0 Å². The number of carbonyl (C=O) groups is 1. The molecule has 17 heavy (non-hydrogen) atoms. The Bertz CT molecular complexity index is 518. The average molecular weight is 254 g/mol. The number of nitrogens with two attached hydrogens (primary N) is 1. The van der Waals surface area contributed by atoms with Crippen LogP contribution < -0.4 is 11.1 Å². The van der Waals surface area contributed by atoms with Gasteiger partial charge in [0.1, 0.15) is 5.75 Å². The topological polar surface area (TPSA) is 89.3 Å². The standard InChI is InChI=1S/C11H14N2O3S/c12-8-1-5-10(6-2-8)17(15,16)7-11(14)13-9-3-4-9/h1-2,5-6,9H,3-4,7,12H2,(H,13,14). The number of anilines is 1. The quantitative estimate of drug-likeness (QED) is 0.757. The van der Waals surface area contributed by atoms with Crippen molar-refractivity contribution in [3.05, 3.63) is 24.3 Å². The van der Waals surface area contributed by atoms with E-state index in [0.29, 0.717) is 5.69 Å². The average Bonchev–Trinajstić information content (AvgIpc) is 3.01. The van der Waals surface area contributed by atoms with Crippen LogP contribution in [0.3, 0.4) is 0 Å². The summed E-state index contributed by atoms with van der Waals surface area (Å²) in [6.07, 6.45) is 1.88. The summed E-state index contributed by atoms with van der Waals surface area (Å²) in [4.78, 5) is 11.6. The largest absolute Gasteiger partial charge is 0.399 e. The lowest BCUT2D eigenvalue weighted by Crippen LogP contribution is -2.31. The second-order valence-corrected chi connectivity index (χ2v) is 6.16. The second kappa shape index (κ2) is 4.37. The van der Waals surface area contributed by atoms with Crippen LogP contribution in [0.4, 0.5) is 5.69 Å². The highest BCUT2D eigenvalue weighted by molar-refractivity contribution is 7.92. The highest BCUT2D eigenvalue weighted by Gasteiger charge is 2.26. The lowest BCUT2D eigenvalue weighted by molar-refractivity contribution is -0.118. The molecule has 92 valence electrons. The number of benzene rings is 1. The second-order valence-electron chi connectivity index (χ2n) is 4.17. The van der Waals surface area contributed by atoms with Gasteiger partial charge < -0.3 is 11.1 Å². The SMILES string of the molecule is Nc1ccc(S(=O)(=O)CC(=O)NC2CC2)cc1. The number of hydrogen-bond acceptors (Lipinski definition) is 4. The molecule has 1 saturated carbocycles. The van der Waals surface area contributed by atoms with Gasteiger partial charge in [0.05, 0.1) is 4.90 Å². The van der Waals surface area contributed by atoms with E-state index in [1.54, 1.807) is 0 Å². The van der Waals surface area contributed by atoms with Gasteiger partial charge >= 0.3 is 0 Å². The van der Waals surface area contributed by atoms with E-state index in [4.69, 9.17) is 5.73 Å². The summed E-state index contributed by atoms with van der Waals surface area (Å²) in [6.45, 7) is 0. The zero-order chi connectivity index (χ0) is 12.5. The summed E-state index contributed by atoms with van der Waals surface area (Å²) >= 11 is 0. The summed E-state index contributed by atoms with van der Waals surface area (Å²) in [5, 5.41) is 2.65. The van der Waals surface area contributed by atoms with Crippen LogP contribution in [0.1, 0.15) is 12.8 Å². The van der Waals surface area contributed by atoms with Crippen LogP contribution in [0.5, 0.6) is 0 Å². The van der Waals surface area contributed by atoms with Crippen molar-refractivity contribution in [2.45, 2.75) is 23.8 Å². The number of amides is 1. The number of hydrogen-bond donors (Lipinski definition) is 2. The summed E-state index contributed by atoms with van der Waals surface area (Å²) < 4.78 is 23.7. The minimum atomic E-state index is -3.56. The van der Waals surface area contributed by atoms with Crippen molar-refractivity contribution >= 4 is 21.4 Å². The van der Waals surface area contributed by atoms with Crippen molar-refractivity contribution in [2.75, 3.05) is 11.5 Å². The van der Waals surface area contributed by atoms with Crippen molar-refractivity contribution in [1.82, 2.24) is 5.32 Å². The normalized spacial score (nSPS) is 15.5. The Morgan fingerprint density at radius 2 is 1.88 bits per heavy atom. The summed E-state index contributed by atoms with van der Waals surface area (Å²) in [5.74, 6) is -0.947. The molecule has 0 radical (unpaired) electrons. The first-order chi connectivity index (χ1) is 7.97. The molecule has 6 heteroatoms. The maximum Gasteiger partial charge on any atom is 0.235 e. The fraction of sp³-hybridized carbons (Fsp3) is 0.364. The molecule has 0 bridgehead atoms. The first-order valence-corrected chi connectivity index (χ1v) is 7.00. The maximum absolute atomic E-state index is 11.9. The minimum Gasteiger partial charge on any atom is -0.399 e. The van der Waals surface area contributed by atoms with Gasteiger partial charge in [-0.2, -0.15) is 0 Å². The Morgan fingerprint density at radius 1 is 1.29 bits per heavy atom. The lowest BCUT2D eigenvalue weighted by atomic mass is 10.3. The van der Waals surface area contributed by atoms with E-state index in [-0.39, 0.29) is 10.9 Å². The van der Waals surface area contributed by atoms with Gasteiger partial charge in [0, 0.05) is 11.7 Å². The van der Waals surface area contributed by atoms with Crippen LogP contribution in [-0.4, -0.2) is 26.1 Å². The molecule has 1 aromatic carbocycles. The Balaban J connectivity index is 2.07. The fourth-order valence-electron chi connectivity index (χ4n) is 1.43. The molecule has 1 amide bonds. The Hall–Kier alpha value is -1.56. The number of sulfone groups is 1. The molecule has 1 aliphatic rings. The summed E-state index contributed by atoms with van der Waals surface area (Å²) in [5.41, 5.74) is 5.96. The Labute approximate surface area is 99.9 Å². The van der Waals surface area contributed by atoms with E-state index in [1.165, 1.54) is 24.3 Å². The third-order valence-electron chi connectivity index (χ3n) is 2.50. The van der Waals surface area contributed by atoms with Gasteiger partial charge in [0.2, 0.25) is 5.91 Å². The number of nitrogens with one attached hydrogen (secondary N) is 1. The van der Waals surface area contributed by atoms with Gasteiger partial charge in [-0.15, -0.1) is 0 Å². The van der Waals surface area contributed by atoms with Crippen LogP contribution in [0.15, 0.2) is 29.2 Å². The predicted octanol–water partition coefficient (Wildman–Crippen LogP) is 0.321. The molecule has 3 N–H and O–H groups in total. The van der Waals surface area contributed by atoms with E-state index in [9.17, 15) is 13.2 Å². The third-order valence-corrected chi connectivity index (χ3v) is 4.14. The Morgan fingerprint density at radius 3 is 2.41 bits per heavy atom. The molecule has 0 aliphatic heterocycles. The molecule has 5 nitrogen and oxygen atoms in total. The highest BCUT2D eigenvalue weighted by Crippen LogP contribution is 2.19. The van der Waals surface area contributed by atoms with E-state index in [2.05, 4.69) is 5.32 Å². The zero-order valence-corrected chi connectivity index (χ0v) is 10.0. The van der Waals surface area contributed by atoms with Crippen molar-refractivity contribution in [1.29, 1.82) is 0 Å². The molecule has 0 atom stereocenters. The lowest BCUT2D eigenvalue weighted by Gasteiger charge is -2.05. The van der Waals surface area contributed by atoms with Crippen LogP contribution in [0.2, 0.25) is 0 Å². The van der Waals surface area contributed by atoms with E-state index in [0.717, 1.165) is 12.8 Å². The summed E-state index contributed by atoms with van der Waals surface area (Å²) in [6, 6.07) is 6.01. The molecule has 0 spiro atoms. The molecule has 0 aromatic heterocycles. The van der Waals surface area contributed by atoms with Crippen molar-refractivity contribution in [3.8, 4) is 0 Å². The molecule has 1 aliphatic carbocycles. The van der Waals surface area contributed by atoms with Gasteiger partial charge in [-0.3, -0.25) is 4.79 Å². The van der Waals surface area contributed by atoms with E-state index < -0.39 is 21.5 Å². The van der Waals surface area contributed by atoms with Crippen LogP contribution in [0.25, 0.3) is 0 Å². The van der Waals surface area contributed by atoms with Gasteiger partial charge in [0.25, 0.3) is 0 Å². The van der Waals surface area contributed by atoms with E-state index >= 15 is 0 Å². The molecular weight excluding hydrogens is 240 g/mol. The molecule has 1 fully saturated rings. The van der Waals surface area contributed by atoms with Crippen LogP contribution >= 0.6 is 0 Å². The maximum atomic E-state index is 11.9. The van der Waals surface area contributed by atoms with Gasteiger partial charge in [-0.1, -0.05) is 0 Å². The van der Waals surface area contributed by atoms with Gasteiger partial charge in [-0.25, -0.2) is 8.42 Å². The van der Waals surface area contributed by atoms with Crippen molar-refractivity contribution in [3.63, 3.8) is 0 Å². The van der Waals surface area contributed by atoms with Crippen LogP contribution in [-0.2, 0) is 14.6 Å². The fourth-order valence-corrected chi connectivity index (χ4v) is 2.57. The monoisotopic (exact) mass is 254 g/mol. The number of nitrogen functional groups attached to an aromatic ring is 1. The number of rotatable bonds is 4. The number of carbonyl (C=O) groups excluding carboxylic acids is 1. The Kier molecular flexibility index (Phi) is 3.06. The highest BCUT2D eigenvalue weighted by atomic mass is 32.2. The minimum absolute atomic E-state index is 0.123. The molecule has 0 unspecified atom stereocenters. The molecule has 1 aromatic rings. The molecule has 2 rings (SSSR count). The van der Waals surface area contributed by atoms with Crippen LogP contribution in [0, 0.1) is 0 Å². The third kappa shape index (κ3) is 3.20. The molecule has 0 saturated heterocycles.